The monoisotopic (exact) mass is 815 g/mol. The highest BCUT2D eigenvalue weighted by atomic mass is 16.5. The second-order valence-corrected chi connectivity index (χ2v) is 14.2. The summed E-state index contributed by atoms with van der Waals surface area (Å²) in [6, 6.07) is 21.3. The largest absolute Gasteiger partial charge is 0.478 e. The minimum atomic E-state index is -1.26. The molecule has 3 heterocycles. The molecule has 0 saturated carbocycles. The van der Waals surface area contributed by atoms with Gasteiger partial charge < -0.3 is 40.1 Å². The number of aromatic nitrogens is 3. The lowest BCUT2D eigenvalue weighted by molar-refractivity contribution is -0.149. The molecule has 16 heteroatoms. The number of piperidine rings is 1. The van der Waals surface area contributed by atoms with Crippen LogP contribution in [0.5, 0.6) is 0 Å². The highest BCUT2D eigenvalue weighted by molar-refractivity contribution is 5.90. The standard InChI is InChI=1S/C35H45N5O3.2C4H4O4/c1-6-42-34(41)35(4,5)30-24-40-32(37-30)17-16-31(38-40)36-20-7-21-39-22-18-29(19-23-39)43-33(27-12-8-25(2)9-13-27)28-14-10-26(3)11-15-28;2*5-3(6)1-2-4(7)8/h8-17,24,29,33H,6-7,18-23H2,1-5H3,(H,36,38);2*1-2H,(H,5,6)(H,7,8)/b;2*2-1+. The second kappa shape index (κ2) is 23.1. The highest BCUT2D eigenvalue weighted by Gasteiger charge is 2.34. The van der Waals surface area contributed by atoms with Gasteiger partial charge in [0.2, 0.25) is 0 Å². The number of carboxylic acids is 4. The van der Waals surface area contributed by atoms with E-state index >= 15 is 0 Å². The summed E-state index contributed by atoms with van der Waals surface area (Å²) in [5, 5.41) is 39.3. The molecule has 0 amide bonds. The number of rotatable bonds is 16. The van der Waals surface area contributed by atoms with Crippen LogP contribution in [0.2, 0.25) is 0 Å². The van der Waals surface area contributed by atoms with Gasteiger partial charge in [0.25, 0.3) is 0 Å². The summed E-state index contributed by atoms with van der Waals surface area (Å²) in [6.45, 7) is 14.0. The van der Waals surface area contributed by atoms with Gasteiger partial charge in [-0.05, 0) is 83.7 Å². The molecule has 1 aliphatic rings. The van der Waals surface area contributed by atoms with Crippen LogP contribution in [0, 0.1) is 13.8 Å². The van der Waals surface area contributed by atoms with Gasteiger partial charge in [-0.1, -0.05) is 59.7 Å². The van der Waals surface area contributed by atoms with Gasteiger partial charge in [0, 0.05) is 43.9 Å². The lowest BCUT2D eigenvalue weighted by Crippen LogP contribution is -2.38. The second-order valence-electron chi connectivity index (χ2n) is 14.2. The predicted octanol–water partition coefficient (Wildman–Crippen LogP) is 5.68. The van der Waals surface area contributed by atoms with Crippen LogP contribution in [0.4, 0.5) is 5.82 Å². The Morgan fingerprint density at radius 3 is 1.75 bits per heavy atom. The summed E-state index contributed by atoms with van der Waals surface area (Å²) in [6.07, 6.45) is 7.32. The van der Waals surface area contributed by atoms with Crippen molar-refractivity contribution in [2.24, 2.45) is 0 Å². The molecule has 1 fully saturated rings. The zero-order chi connectivity index (χ0) is 43.5. The normalized spacial score (nSPS) is 13.4. The molecular formula is C43H53N5O11. The summed E-state index contributed by atoms with van der Waals surface area (Å²) in [4.78, 5) is 57.8. The number of aliphatic carboxylic acids is 4. The van der Waals surface area contributed by atoms with Gasteiger partial charge >= 0.3 is 29.8 Å². The molecule has 5 rings (SSSR count). The Kier molecular flexibility index (Phi) is 18.4. The Balaban J connectivity index is 0.000000490. The van der Waals surface area contributed by atoms with Crippen LogP contribution in [0.3, 0.4) is 0 Å². The quantitative estimate of drug-likeness (QED) is 0.0520. The molecule has 0 atom stereocenters. The van der Waals surface area contributed by atoms with Crippen molar-refractivity contribution in [2.75, 3.05) is 38.1 Å². The minimum absolute atomic E-state index is 0.0467. The molecule has 0 unspecified atom stereocenters. The van der Waals surface area contributed by atoms with Gasteiger partial charge in [-0.25, -0.2) is 28.7 Å². The van der Waals surface area contributed by atoms with E-state index in [0.29, 0.717) is 42.3 Å². The van der Waals surface area contributed by atoms with Crippen LogP contribution >= 0.6 is 0 Å². The first-order valence-electron chi connectivity index (χ1n) is 19.0. The van der Waals surface area contributed by atoms with Crippen molar-refractivity contribution < 1.29 is 53.9 Å². The zero-order valence-corrected chi connectivity index (χ0v) is 33.9. The Bertz CT molecular complexity index is 1960. The van der Waals surface area contributed by atoms with Gasteiger partial charge in [-0.15, -0.1) is 5.10 Å². The third kappa shape index (κ3) is 16.2. The molecule has 1 aliphatic heterocycles. The van der Waals surface area contributed by atoms with Gasteiger partial charge in [-0.3, -0.25) is 4.79 Å². The number of ether oxygens (including phenoxy) is 2. The lowest BCUT2D eigenvalue weighted by Gasteiger charge is -2.34. The van der Waals surface area contributed by atoms with E-state index in [0.717, 1.165) is 51.3 Å². The van der Waals surface area contributed by atoms with Crippen LogP contribution in [0.15, 0.2) is 91.2 Å². The molecule has 4 aromatic rings. The molecule has 16 nitrogen and oxygen atoms in total. The van der Waals surface area contributed by atoms with Crippen molar-refractivity contribution in [3.05, 3.63) is 119 Å². The number of carbonyl (C=O) groups is 5. The number of nitrogens with zero attached hydrogens (tertiary/aromatic N) is 4. The number of imidazole rings is 1. The van der Waals surface area contributed by atoms with E-state index in [9.17, 15) is 24.0 Å². The summed E-state index contributed by atoms with van der Waals surface area (Å²) in [7, 11) is 0. The number of carbonyl (C=O) groups excluding carboxylic acids is 1. The van der Waals surface area contributed by atoms with Crippen molar-refractivity contribution in [3.63, 3.8) is 0 Å². The average Bonchev–Trinajstić information content (AvgIpc) is 3.64. The maximum absolute atomic E-state index is 12.4. The van der Waals surface area contributed by atoms with E-state index < -0.39 is 29.3 Å². The van der Waals surface area contributed by atoms with Crippen molar-refractivity contribution in [1.82, 2.24) is 19.5 Å². The van der Waals surface area contributed by atoms with Crippen LogP contribution in [0.25, 0.3) is 5.65 Å². The third-order valence-electron chi connectivity index (χ3n) is 9.06. The third-order valence-corrected chi connectivity index (χ3v) is 9.06. The number of carboxylic acid groups (broad SMARTS) is 4. The van der Waals surface area contributed by atoms with E-state index in [4.69, 9.17) is 29.9 Å². The minimum Gasteiger partial charge on any atom is -0.478 e. The van der Waals surface area contributed by atoms with E-state index in [1.54, 1.807) is 4.52 Å². The van der Waals surface area contributed by atoms with Crippen LogP contribution in [-0.4, -0.2) is 109 Å². The molecule has 0 bridgehead atoms. The molecule has 0 radical (unpaired) electrons. The van der Waals surface area contributed by atoms with Crippen LogP contribution in [-0.2, 0) is 38.9 Å². The maximum atomic E-state index is 12.4. The Labute approximate surface area is 342 Å². The van der Waals surface area contributed by atoms with Crippen molar-refractivity contribution in [2.45, 2.75) is 71.5 Å². The summed E-state index contributed by atoms with van der Waals surface area (Å²) in [5.41, 5.74) is 5.46. The van der Waals surface area contributed by atoms with Crippen molar-refractivity contribution in [3.8, 4) is 0 Å². The lowest BCUT2D eigenvalue weighted by atomic mass is 9.90. The van der Waals surface area contributed by atoms with Gasteiger partial charge in [0.05, 0.1) is 24.6 Å². The topological polar surface area (TPSA) is 230 Å². The van der Waals surface area contributed by atoms with E-state index in [2.05, 4.69) is 82.7 Å². The molecule has 2 aromatic carbocycles. The fourth-order valence-electron chi connectivity index (χ4n) is 5.79. The number of benzene rings is 2. The number of anilines is 1. The first-order chi connectivity index (χ1) is 28.0. The smallest absolute Gasteiger partial charge is 0.328 e. The average molecular weight is 816 g/mol. The molecule has 0 aliphatic carbocycles. The number of fused-ring (bicyclic) bond motifs is 1. The number of hydrogen-bond acceptors (Lipinski definition) is 11. The number of aryl methyl sites for hydroxylation is 2. The Morgan fingerprint density at radius 2 is 1.29 bits per heavy atom. The molecule has 5 N–H and O–H groups in total. The maximum Gasteiger partial charge on any atom is 0.328 e. The number of esters is 1. The first kappa shape index (κ1) is 47.0. The molecular weight excluding hydrogens is 762 g/mol. The van der Waals surface area contributed by atoms with Crippen LogP contribution < -0.4 is 5.32 Å². The van der Waals surface area contributed by atoms with Crippen molar-refractivity contribution >= 4 is 41.3 Å². The summed E-state index contributed by atoms with van der Waals surface area (Å²) < 4.78 is 13.7. The van der Waals surface area contributed by atoms with Crippen LogP contribution in [0.1, 0.15) is 74.1 Å². The van der Waals surface area contributed by atoms with E-state index in [-0.39, 0.29) is 18.2 Å². The van der Waals surface area contributed by atoms with Crippen molar-refractivity contribution in [1.29, 1.82) is 0 Å². The molecule has 316 valence electrons. The Morgan fingerprint density at radius 1 is 0.797 bits per heavy atom. The molecule has 1 saturated heterocycles. The fraction of sp³-hybridized carbons (Fsp3) is 0.372. The van der Waals surface area contributed by atoms with E-state index in [1.807, 2.05) is 39.1 Å². The van der Waals surface area contributed by atoms with Gasteiger partial charge in [0.1, 0.15) is 17.3 Å². The number of hydrogen-bond donors (Lipinski definition) is 5. The number of nitrogens with one attached hydrogen (secondary N) is 1. The highest BCUT2D eigenvalue weighted by Crippen LogP contribution is 2.31. The molecule has 2 aromatic heterocycles. The SMILES string of the molecule is CCOC(=O)C(C)(C)c1cn2nc(NCCCN3CCC(OC(c4ccc(C)cc4)c4ccc(C)cc4)CC3)ccc2n1.O=C(O)/C=C/C(=O)O.O=C(O)/C=C/C(=O)O. The molecule has 59 heavy (non-hydrogen) atoms. The first-order valence-corrected chi connectivity index (χ1v) is 19.0. The summed E-state index contributed by atoms with van der Waals surface area (Å²) >= 11 is 0. The fourth-order valence-corrected chi connectivity index (χ4v) is 5.79. The zero-order valence-electron chi connectivity index (χ0n) is 33.9. The van der Waals surface area contributed by atoms with Gasteiger partial charge in [0.15, 0.2) is 5.65 Å². The number of likely N-dealkylation sites (tertiary alicyclic amines) is 1. The Hall–Kier alpha value is -6.39. The van der Waals surface area contributed by atoms with E-state index in [1.165, 1.54) is 22.3 Å². The predicted molar refractivity (Wildman–Crippen MR) is 219 cm³/mol. The van der Waals surface area contributed by atoms with Gasteiger partial charge in [-0.2, -0.15) is 0 Å². The molecule has 0 spiro atoms. The summed E-state index contributed by atoms with van der Waals surface area (Å²) in [5.74, 6) is -4.53.